The zero-order chi connectivity index (χ0) is 20.4. The van der Waals surface area contributed by atoms with Gasteiger partial charge < -0.3 is 5.11 Å². The van der Waals surface area contributed by atoms with Crippen molar-refractivity contribution in [3.63, 3.8) is 0 Å². The first-order valence-corrected chi connectivity index (χ1v) is 13.1. The maximum atomic E-state index is 11.5. The summed E-state index contributed by atoms with van der Waals surface area (Å²) in [6, 6.07) is 0. The van der Waals surface area contributed by atoms with Crippen molar-refractivity contribution < 1.29 is 18.1 Å². The quantitative estimate of drug-likeness (QED) is 0.175. The van der Waals surface area contributed by atoms with Crippen molar-refractivity contribution in [2.45, 2.75) is 141 Å². The van der Waals surface area contributed by atoms with E-state index in [9.17, 15) is 18.1 Å². The minimum Gasteiger partial charge on any atom is -0.392 e. The third kappa shape index (κ3) is 16.5. The van der Waals surface area contributed by atoms with Crippen molar-refractivity contribution in [3.05, 3.63) is 0 Å². The van der Waals surface area contributed by atoms with Crippen LogP contribution >= 0.6 is 0 Å². The van der Waals surface area contributed by atoms with Gasteiger partial charge in [-0.2, -0.15) is 8.42 Å². The summed E-state index contributed by atoms with van der Waals surface area (Å²) in [4.78, 5) is 0. The Hall–Kier alpha value is -0.130. The van der Waals surface area contributed by atoms with E-state index in [0.717, 1.165) is 38.5 Å². The van der Waals surface area contributed by atoms with Gasteiger partial charge >= 0.3 is 0 Å². The first-order chi connectivity index (χ1) is 12.9. The predicted molar refractivity (Wildman–Crippen MR) is 116 cm³/mol. The molecule has 0 aliphatic heterocycles. The smallest absolute Gasteiger partial charge is 0.270 e. The van der Waals surface area contributed by atoms with Crippen molar-refractivity contribution in [2.24, 2.45) is 0 Å². The van der Waals surface area contributed by atoms with Crippen molar-refractivity contribution in [2.75, 3.05) is 0 Å². The van der Waals surface area contributed by atoms with Crippen molar-refractivity contribution in [1.82, 2.24) is 0 Å². The maximum absolute atomic E-state index is 11.5. The lowest BCUT2D eigenvalue weighted by atomic mass is 10.0. The van der Waals surface area contributed by atoms with Crippen LogP contribution in [0.4, 0.5) is 0 Å². The topological polar surface area (TPSA) is 74.6 Å². The van der Waals surface area contributed by atoms with E-state index in [4.69, 9.17) is 0 Å². The fraction of sp³-hybridized carbons (Fsp3) is 1.00. The average molecular weight is 407 g/mol. The van der Waals surface area contributed by atoms with E-state index in [1.54, 1.807) is 0 Å². The lowest BCUT2D eigenvalue weighted by molar-refractivity contribution is 0.146. The molecule has 0 radical (unpaired) electrons. The summed E-state index contributed by atoms with van der Waals surface area (Å²) >= 11 is 0. The maximum Gasteiger partial charge on any atom is 0.270 e. The first kappa shape index (κ1) is 26.9. The summed E-state index contributed by atoms with van der Waals surface area (Å²) in [7, 11) is -4.16. The van der Waals surface area contributed by atoms with Gasteiger partial charge in [-0.15, -0.1) is 0 Å². The van der Waals surface area contributed by atoms with Crippen molar-refractivity contribution >= 4 is 10.1 Å². The molecule has 0 aliphatic rings. The number of unbranched alkanes of at least 4 members (excludes halogenated alkanes) is 14. The van der Waals surface area contributed by atoms with E-state index in [1.165, 1.54) is 64.2 Å². The van der Waals surface area contributed by atoms with E-state index < -0.39 is 21.5 Å². The Balaban J connectivity index is 3.64. The molecule has 0 aromatic carbocycles. The minimum absolute atomic E-state index is 0.353. The molecule has 0 bridgehead atoms. The summed E-state index contributed by atoms with van der Waals surface area (Å²) in [5.74, 6) is 0. The zero-order valence-corrected chi connectivity index (χ0v) is 18.8. The average Bonchev–Trinajstić information content (AvgIpc) is 2.61. The molecule has 2 unspecified atom stereocenters. The zero-order valence-electron chi connectivity index (χ0n) is 18.0. The van der Waals surface area contributed by atoms with Crippen LogP contribution in [0.2, 0.25) is 0 Å². The van der Waals surface area contributed by atoms with Gasteiger partial charge in [-0.1, -0.05) is 117 Å². The third-order valence-electron chi connectivity index (χ3n) is 5.51. The van der Waals surface area contributed by atoms with Crippen LogP contribution in [0.5, 0.6) is 0 Å². The van der Waals surface area contributed by atoms with E-state index in [2.05, 4.69) is 6.92 Å². The predicted octanol–water partition coefficient (Wildman–Crippen LogP) is 6.67. The van der Waals surface area contributed by atoms with Crippen LogP contribution in [0, 0.1) is 0 Å². The molecule has 0 heterocycles. The number of aliphatic hydroxyl groups is 1. The highest BCUT2D eigenvalue weighted by atomic mass is 32.2. The van der Waals surface area contributed by atoms with Gasteiger partial charge in [-0.3, -0.25) is 4.55 Å². The van der Waals surface area contributed by atoms with Crippen LogP contribution in [0.25, 0.3) is 0 Å². The van der Waals surface area contributed by atoms with Crippen LogP contribution in [0.3, 0.4) is 0 Å². The highest BCUT2D eigenvalue weighted by molar-refractivity contribution is 7.86. The number of hydrogen-bond donors (Lipinski definition) is 2. The molecular weight excluding hydrogens is 360 g/mol. The largest absolute Gasteiger partial charge is 0.392 e. The molecule has 0 saturated carbocycles. The SMILES string of the molecule is CCCCCCCCCCCCCCCC(O)C(CCCCC)S(=O)(=O)O. The van der Waals surface area contributed by atoms with Crippen LogP contribution in [-0.2, 0) is 10.1 Å². The summed E-state index contributed by atoms with van der Waals surface area (Å²) in [5, 5.41) is 9.17. The van der Waals surface area contributed by atoms with Gasteiger partial charge in [0.25, 0.3) is 10.1 Å². The normalized spacial score (nSPS) is 14.4. The van der Waals surface area contributed by atoms with Crippen LogP contribution in [-0.4, -0.2) is 29.4 Å². The van der Waals surface area contributed by atoms with Gasteiger partial charge in [0, 0.05) is 0 Å². The number of rotatable bonds is 20. The second kappa shape index (κ2) is 17.9. The molecule has 164 valence electrons. The molecule has 0 amide bonds. The first-order valence-electron chi connectivity index (χ1n) is 11.6. The molecule has 0 aromatic heterocycles. The minimum atomic E-state index is -4.16. The van der Waals surface area contributed by atoms with Crippen molar-refractivity contribution in [3.8, 4) is 0 Å². The monoisotopic (exact) mass is 406 g/mol. The van der Waals surface area contributed by atoms with Gasteiger partial charge in [-0.05, 0) is 12.8 Å². The molecule has 0 aromatic rings. The van der Waals surface area contributed by atoms with Gasteiger partial charge in [0.2, 0.25) is 0 Å². The molecular formula is C22H46O4S. The highest BCUT2D eigenvalue weighted by Crippen LogP contribution is 2.19. The van der Waals surface area contributed by atoms with E-state index >= 15 is 0 Å². The van der Waals surface area contributed by atoms with Gasteiger partial charge in [0.15, 0.2) is 0 Å². The molecule has 2 atom stereocenters. The summed E-state index contributed by atoms with van der Waals surface area (Å²) < 4.78 is 32.4. The molecule has 27 heavy (non-hydrogen) atoms. The Bertz CT molecular complexity index is 409. The Morgan fingerprint density at radius 3 is 1.33 bits per heavy atom. The van der Waals surface area contributed by atoms with Crippen molar-refractivity contribution in [1.29, 1.82) is 0 Å². The lowest BCUT2D eigenvalue weighted by Crippen LogP contribution is -2.33. The second-order valence-corrected chi connectivity index (χ2v) is 9.78. The van der Waals surface area contributed by atoms with E-state index in [0.29, 0.717) is 12.8 Å². The Kier molecular flexibility index (Phi) is 17.8. The molecule has 0 spiro atoms. The standard InChI is InChI=1S/C22H46O4S/c1-3-5-7-8-9-10-11-12-13-14-15-16-18-19-21(23)22(27(24,25)26)20-17-6-4-2/h21-23H,3-20H2,1-2H3,(H,24,25,26). The van der Waals surface area contributed by atoms with E-state index in [-0.39, 0.29) is 0 Å². The highest BCUT2D eigenvalue weighted by Gasteiger charge is 2.29. The number of aliphatic hydroxyl groups excluding tert-OH is 1. The molecule has 2 N–H and O–H groups in total. The second-order valence-electron chi connectivity index (χ2n) is 8.15. The fourth-order valence-corrected chi connectivity index (χ4v) is 4.69. The Morgan fingerprint density at radius 1 is 0.593 bits per heavy atom. The van der Waals surface area contributed by atoms with Gasteiger partial charge in [0.1, 0.15) is 5.25 Å². The van der Waals surface area contributed by atoms with Crippen LogP contribution in [0.1, 0.15) is 129 Å². The lowest BCUT2D eigenvalue weighted by Gasteiger charge is -2.20. The third-order valence-corrected chi connectivity index (χ3v) is 6.82. The molecule has 0 saturated heterocycles. The molecule has 5 heteroatoms. The molecule has 0 rings (SSSR count). The van der Waals surface area contributed by atoms with Gasteiger partial charge in [-0.25, -0.2) is 0 Å². The Morgan fingerprint density at radius 2 is 0.926 bits per heavy atom. The molecule has 4 nitrogen and oxygen atoms in total. The summed E-state index contributed by atoms with van der Waals surface area (Å²) in [6.45, 7) is 4.30. The summed E-state index contributed by atoms with van der Waals surface area (Å²) in [5.41, 5.74) is 0. The Labute approximate surface area is 169 Å². The summed E-state index contributed by atoms with van der Waals surface area (Å²) in [6.07, 6.45) is 18.9. The van der Waals surface area contributed by atoms with Gasteiger partial charge in [0.05, 0.1) is 6.10 Å². The fourth-order valence-electron chi connectivity index (χ4n) is 3.69. The van der Waals surface area contributed by atoms with Crippen LogP contribution in [0.15, 0.2) is 0 Å². The van der Waals surface area contributed by atoms with Crippen LogP contribution < -0.4 is 0 Å². The molecule has 0 aliphatic carbocycles. The molecule has 0 fully saturated rings. The number of hydrogen-bond acceptors (Lipinski definition) is 3. The van der Waals surface area contributed by atoms with E-state index in [1.807, 2.05) is 6.92 Å².